The van der Waals surface area contributed by atoms with Gasteiger partial charge in [0, 0.05) is 13.0 Å². The molecular weight excluding hydrogens is 194 g/mol. The number of hydrogen-bond acceptors (Lipinski definition) is 3. The van der Waals surface area contributed by atoms with E-state index in [0.29, 0.717) is 19.6 Å². The van der Waals surface area contributed by atoms with E-state index < -0.39 is 0 Å². The highest BCUT2D eigenvalue weighted by Crippen LogP contribution is 1.99. The van der Waals surface area contributed by atoms with Gasteiger partial charge < -0.3 is 16.2 Å². The minimum absolute atomic E-state index is 0.0977. The van der Waals surface area contributed by atoms with Crippen LogP contribution >= 0.6 is 0 Å². The van der Waals surface area contributed by atoms with Gasteiger partial charge in [0.15, 0.2) is 5.96 Å². The highest BCUT2D eigenvalue weighted by Gasteiger charge is 2.01. The zero-order chi connectivity index (χ0) is 11.5. The van der Waals surface area contributed by atoms with E-state index in [2.05, 4.69) is 11.9 Å². The summed E-state index contributed by atoms with van der Waals surface area (Å²) in [5.41, 5.74) is 10.3. The van der Waals surface area contributed by atoms with Crippen molar-refractivity contribution in [2.75, 3.05) is 13.2 Å². The number of esters is 1. The van der Waals surface area contributed by atoms with E-state index in [9.17, 15) is 4.79 Å². The molecule has 5 nitrogen and oxygen atoms in total. The number of carbonyl (C=O) groups is 1. The lowest BCUT2D eigenvalue weighted by atomic mass is 10.2. The number of guanidine groups is 1. The largest absolute Gasteiger partial charge is 0.466 e. The van der Waals surface area contributed by atoms with Crippen LogP contribution in [0.2, 0.25) is 0 Å². The minimum atomic E-state index is -0.131. The van der Waals surface area contributed by atoms with Gasteiger partial charge in [-0.3, -0.25) is 9.79 Å². The third kappa shape index (κ3) is 10.7. The van der Waals surface area contributed by atoms with Crippen LogP contribution in [0.25, 0.3) is 0 Å². The molecule has 0 amide bonds. The molecule has 0 saturated heterocycles. The summed E-state index contributed by atoms with van der Waals surface area (Å²) in [5, 5.41) is 0. The van der Waals surface area contributed by atoms with Crippen molar-refractivity contribution in [1.29, 1.82) is 0 Å². The summed E-state index contributed by atoms with van der Waals surface area (Å²) in [4.78, 5) is 14.9. The number of aliphatic imine (C=N–C) groups is 1. The van der Waals surface area contributed by atoms with Gasteiger partial charge in [0.25, 0.3) is 0 Å². The van der Waals surface area contributed by atoms with Crippen LogP contribution in [-0.4, -0.2) is 25.1 Å². The van der Waals surface area contributed by atoms with Gasteiger partial charge in [-0.2, -0.15) is 0 Å². The number of carbonyl (C=O) groups excluding carboxylic acids is 1. The molecule has 0 aliphatic rings. The Labute approximate surface area is 90.9 Å². The topological polar surface area (TPSA) is 90.7 Å². The highest BCUT2D eigenvalue weighted by molar-refractivity contribution is 5.75. The van der Waals surface area contributed by atoms with Crippen molar-refractivity contribution in [3.05, 3.63) is 0 Å². The third-order valence-electron chi connectivity index (χ3n) is 1.84. The Morgan fingerprint density at radius 3 is 2.60 bits per heavy atom. The van der Waals surface area contributed by atoms with Crippen molar-refractivity contribution in [3.8, 4) is 0 Å². The molecule has 0 rings (SSSR count). The molecule has 0 fully saturated rings. The molecule has 0 aromatic rings. The van der Waals surface area contributed by atoms with Crippen molar-refractivity contribution < 1.29 is 9.53 Å². The van der Waals surface area contributed by atoms with Crippen LogP contribution in [0.3, 0.4) is 0 Å². The number of nitrogens with zero attached hydrogens (tertiary/aromatic N) is 1. The molecule has 0 unspecified atom stereocenters. The van der Waals surface area contributed by atoms with Crippen LogP contribution in [0.4, 0.5) is 0 Å². The monoisotopic (exact) mass is 215 g/mol. The van der Waals surface area contributed by atoms with Crippen LogP contribution in [-0.2, 0) is 9.53 Å². The molecule has 0 heterocycles. The lowest BCUT2D eigenvalue weighted by Gasteiger charge is -2.02. The van der Waals surface area contributed by atoms with E-state index in [1.807, 2.05) is 0 Å². The molecule has 15 heavy (non-hydrogen) atoms. The molecule has 0 saturated carbocycles. The Hall–Kier alpha value is -1.26. The van der Waals surface area contributed by atoms with E-state index in [0.717, 1.165) is 25.7 Å². The van der Waals surface area contributed by atoms with E-state index in [-0.39, 0.29) is 11.9 Å². The van der Waals surface area contributed by atoms with Crippen LogP contribution in [0.5, 0.6) is 0 Å². The smallest absolute Gasteiger partial charge is 0.305 e. The van der Waals surface area contributed by atoms with Gasteiger partial charge in [-0.1, -0.05) is 13.3 Å². The maximum atomic E-state index is 11.1. The standard InChI is InChI=1S/C10H21N3O2/c1-2-3-8-15-9(14)6-4-5-7-13-10(11)12/h2-8H2,1H3,(H4,11,12,13). The number of hydrogen-bond donors (Lipinski definition) is 2. The maximum Gasteiger partial charge on any atom is 0.305 e. The third-order valence-corrected chi connectivity index (χ3v) is 1.84. The normalized spacial score (nSPS) is 9.67. The summed E-state index contributed by atoms with van der Waals surface area (Å²) in [6.07, 6.45) is 3.99. The second kappa shape index (κ2) is 9.30. The first kappa shape index (κ1) is 13.7. The molecule has 0 aliphatic heterocycles. The fourth-order valence-corrected chi connectivity index (χ4v) is 0.992. The molecule has 0 spiro atoms. The Kier molecular flexibility index (Phi) is 8.52. The quantitative estimate of drug-likeness (QED) is 0.271. The van der Waals surface area contributed by atoms with E-state index in [1.165, 1.54) is 0 Å². The van der Waals surface area contributed by atoms with E-state index >= 15 is 0 Å². The zero-order valence-corrected chi connectivity index (χ0v) is 9.37. The highest BCUT2D eigenvalue weighted by atomic mass is 16.5. The van der Waals surface area contributed by atoms with Gasteiger partial charge in [0.1, 0.15) is 0 Å². The Morgan fingerprint density at radius 1 is 1.27 bits per heavy atom. The predicted molar refractivity (Wildman–Crippen MR) is 60.4 cm³/mol. The van der Waals surface area contributed by atoms with Crippen molar-refractivity contribution in [2.24, 2.45) is 16.5 Å². The van der Waals surface area contributed by atoms with Gasteiger partial charge in [-0.15, -0.1) is 0 Å². The average molecular weight is 215 g/mol. The fraction of sp³-hybridized carbons (Fsp3) is 0.800. The second-order valence-corrected chi connectivity index (χ2v) is 3.34. The Balaban J connectivity index is 3.28. The Morgan fingerprint density at radius 2 is 2.00 bits per heavy atom. The molecule has 88 valence electrons. The first-order valence-electron chi connectivity index (χ1n) is 5.37. The summed E-state index contributed by atoms with van der Waals surface area (Å²) in [6, 6.07) is 0. The molecule has 0 atom stereocenters. The molecule has 0 aliphatic carbocycles. The molecule has 0 aromatic carbocycles. The van der Waals surface area contributed by atoms with Gasteiger partial charge in [-0.05, 0) is 19.3 Å². The SMILES string of the molecule is CCCCOC(=O)CCCCN=C(N)N. The molecular formula is C10H21N3O2. The second-order valence-electron chi connectivity index (χ2n) is 3.34. The lowest BCUT2D eigenvalue weighted by molar-refractivity contribution is -0.143. The van der Waals surface area contributed by atoms with Crippen LogP contribution < -0.4 is 11.5 Å². The van der Waals surface area contributed by atoms with Gasteiger partial charge in [0.05, 0.1) is 6.61 Å². The van der Waals surface area contributed by atoms with Crippen molar-refractivity contribution >= 4 is 11.9 Å². The zero-order valence-electron chi connectivity index (χ0n) is 9.37. The summed E-state index contributed by atoms with van der Waals surface area (Å²) in [6.45, 7) is 3.16. The summed E-state index contributed by atoms with van der Waals surface area (Å²) >= 11 is 0. The van der Waals surface area contributed by atoms with Gasteiger partial charge >= 0.3 is 5.97 Å². The first-order valence-corrected chi connectivity index (χ1v) is 5.37. The molecule has 0 radical (unpaired) electrons. The summed E-state index contributed by atoms with van der Waals surface area (Å²) < 4.78 is 4.99. The van der Waals surface area contributed by atoms with Crippen molar-refractivity contribution in [1.82, 2.24) is 0 Å². The van der Waals surface area contributed by atoms with Crippen molar-refractivity contribution in [2.45, 2.75) is 39.0 Å². The van der Waals surface area contributed by atoms with Gasteiger partial charge in [-0.25, -0.2) is 0 Å². The fourth-order valence-electron chi connectivity index (χ4n) is 0.992. The van der Waals surface area contributed by atoms with Crippen LogP contribution in [0, 0.1) is 0 Å². The van der Waals surface area contributed by atoms with E-state index in [1.54, 1.807) is 0 Å². The van der Waals surface area contributed by atoms with Crippen molar-refractivity contribution in [3.63, 3.8) is 0 Å². The molecule has 4 N–H and O–H groups in total. The van der Waals surface area contributed by atoms with Crippen LogP contribution in [0.15, 0.2) is 4.99 Å². The summed E-state index contributed by atoms with van der Waals surface area (Å²) in [5.74, 6) is -0.0336. The Bertz CT molecular complexity index is 201. The number of unbranched alkanes of at least 4 members (excludes halogenated alkanes) is 2. The van der Waals surface area contributed by atoms with Gasteiger partial charge in [0.2, 0.25) is 0 Å². The summed E-state index contributed by atoms with van der Waals surface area (Å²) in [7, 11) is 0. The maximum absolute atomic E-state index is 11.1. The number of rotatable bonds is 8. The molecule has 5 heteroatoms. The number of ether oxygens (including phenoxy) is 1. The molecule has 0 bridgehead atoms. The lowest BCUT2D eigenvalue weighted by Crippen LogP contribution is -2.22. The molecule has 0 aromatic heterocycles. The van der Waals surface area contributed by atoms with E-state index in [4.69, 9.17) is 16.2 Å². The minimum Gasteiger partial charge on any atom is -0.466 e. The first-order chi connectivity index (χ1) is 7.16. The average Bonchev–Trinajstić information content (AvgIpc) is 2.17. The number of nitrogens with two attached hydrogens (primary N) is 2. The van der Waals surface area contributed by atoms with Crippen LogP contribution in [0.1, 0.15) is 39.0 Å². The predicted octanol–water partition coefficient (Wildman–Crippen LogP) is 0.773.